The number of rotatable bonds is 6. The van der Waals surface area contributed by atoms with Crippen molar-refractivity contribution < 1.29 is 27.0 Å². The van der Waals surface area contributed by atoms with Gasteiger partial charge in [-0.3, -0.25) is 4.28 Å². The minimum absolute atomic E-state index is 0.223. The third-order valence-corrected chi connectivity index (χ3v) is 5.26. The Labute approximate surface area is 162 Å². The molecule has 0 amide bonds. The zero-order valence-corrected chi connectivity index (χ0v) is 16.7. The number of benzene rings is 2. The van der Waals surface area contributed by atoms with Gasteiger partial charge in [0, 0.05) is 4.90 Å². The smallest absolute Gasteiger partial charge is 0.367 e. The summed E-state index contributed by atoms with van der Waals surface area (Å²) in [7, 11) is -1.34. The van der Waals surface area contributed by atoms with Crippen molar-refractivity contribution in [2.45, 2.75) is 17.6 Å². The van der Waals surface area contributed by atoms with Crippen molar-refractivity contribution in [3.05, 3.63) is 59.7 Å². The quantitative estimate of drug-likeness (QED) is 0.238. The van der Waals surface area contributed by atoms with E-state index in [9.17, 15) is 13.2 Å². The normalized spacial score (nSPS) is 11.7. The van der Waals surface area contributed by atoms with Gasteiger partial charge in [-0.25, -0.2) is 4.79 Å². The molecule has 0 bridgehead atoms. The molecule has 0 saturated carbocycles. The number of esters is 1. The highest BCUT2D eigenvalue weighted by atomic mass is 32.2. The summed E-state index contributed by atoms with van der Waals surface area (Å²) in [5, 5.41) is 3.28. The number of methoxy groups -OCH3 is 2. The number of carbonyl (C=O) groups excluding carboxylic acids is 1. The number of oxime groups is 1. The fraction of sp³-hybridized carbons (Fsp3) is 0.222. The van der Waals surface area contributed by atoms with Crippen LogP contribution < -0.4 is 4.74 Å². The van der Waals surface area contributed by atoms with Crippen LogP contribution in [-0.2, 0) is 29.7 Å². The highest BCUT2D eigenvalue weighted by Crippen LogP contribution is 2.22. The van der Waals surface area contributed by atoms with E-state index < -0.39 is 21.8 Å². The topological polar surface area (TPSA) is 91.3 Å². The summed E-state index contributed by atoms with van der Waals surface area (Å²) in [6, 6.07) is 13.8. The first-order valence-corrected chi connectivity index (χ1v) is 10.2. The SMILES string of the molecule is COC(=O)/C(=N/OS(=O)(=O)Cc1ccc(OC)cc1)Sc1ccc(C)cc1. The molecule has 0 aliphatic heterocycles. The van der Waals surface area contributed by atoms with E-state index >= 15 is 0 Å². The van der Waals surface area contributed by atoms with E-state index in [1.807, 2.05) is 19.1 Å². The zero-order chi connectivity index (χ0) is 19.9. The van der Waals surface area contributed by atoms with Crippen LogP contribution in [0, 0.1) is 6.92 Å². The van der Waals surface area contributed by atoms with Gasteiger partial charge in [0.15, 0.2) is 0 Å². The fourth-order valence-electron chi connectivity index (χ4n) is 1.95. The molecule has 2 aromatic carbocycles. The molecule has 9 heteroatoms. The second kappa shape index (κ2) is 9.43. The maximum Gasteiger partial charge on any atom is 0.367 e. The molecule has 2 rings (SSSR count). The van der Waals surface area contributed by atoms with Crippen molar-refractivity contribution in [1.29, 1.82) is 0 Å². The molecule has 0 fully saturated rings. The van der Waals surface area contributed by atoms with Crippen LogP contribution in [0.2, 0.25) is 0 Å². The lowest BCUT2D eigenvalue weighted by Gasteiger charge is -2.06. The highest BCUT2D eigenvalue weighted by molar-refractivity contribution is 8.15. The maximum atomic E-state index is 12.1. The zero-order valence-electron chi connectivity index (χ0n) is 15.0. The first-order chi connectivity index (χ1) is 12.8. The Hall–Kier alpha value is -2.52. The van der Waals surface area contributed by atoms with Gasteiger partial charge in [-0.1, -0.05) is 46.7 Å². The largest absolute Gasteiger partial charge is 0.497 e. The van der Waals surface area contributed by atoms with Gasteiger partial charge in [0.25, 0.3) is 0 Å². The molecule has 7 nitrogen and oxygen atoms in total. The van der Waals surface area contributed by atoms with Gasteiger partial charge in [0.05, 0.1) is 14.2 Å². The highest BCUT2D eigenvalue weighted by Gasteiger charge is 2.19. The van der Waals surface area contributed by atoms with Crippen LogP contribution in [0.25, 0.3) is 0 Å². The second-order valence-corrected chi connectivity index (χ2v) is 8.04. The van der Waals surface area contributed by atoms with E-state index in [-0.39, 0.29) is 5.04 Å². The Kier molecular flexibility index (Phi) is 7.26. The Bertz CT molecular complexity index is 906. The van der Waals surface area contributed by atoms with Gasteiger partial charge in [-0.15, -0.1) is 0 Å². The number of carbonyl (C=O) groups is 1. The summed E-state index contributed by atoms with van der Waals surface area (Å²) >= 11 is 0.952. The third kappa shape index (κ3) is 6.61. The van der Waals surface area contributed by atoms with Crippen LogP contribution in [0.1, 0.15) is 11.1 Å². The van der Waals surface area contributed by atoms with Crippen LogP contribution >= 0.6 is 11.8 Å². The van der Waals surface area contributed by atoms with Crippen molar-refractivity contribution in [3.8, 4) is 5.75 Å². The van der Waals surface area contributed by atoms with Gasteiger partial charge in [0.2, 0.25) is 5.04 Å². The van der Waals surface area contributed by atoms with Gasteiger partial charge >= 0.3 is 16.1 Å². The van der Waals surface area contributed by atoms with Crippen LogP contribution in [0.15, 0.2) is 58.6 Å². The predicted molar refractivity (Wildman–Crippen MR) is 103 cm³/mol. The Balaban J connectivity index is 2.12. The van der Waals surface area contributed by atoms with E-state index in [0.717, 1.165) is 17.3 Å². The number of nitrogens with zero attached hydrogens (tertiary/aromatic N) is 1. The lowest BCUT2D eigenvalue weighted by Crippen LogP contribution is -2.14. The molecular weight excluding hydrogens is 390 g/mol. The van der Waals surface area contributed by atoms with Gasteiger partial charge < -0.3 is 9.47 Å². The number of thioether (sulfide) groups is 1. The molecule has 0 aliphatic rings. The van der Waals surface area contributed by atoms with Gasteiger partial charge in [0.1, 0.15) is 11.5 Å². The molecule has 0 aromatic heterocycles. The summed E-state index contributed by atoms with van der Waals surface area (Å²) in [5.74, 6) is -0.581. The van der Waals surface area contributed by atoms with E-state index in [4.69, 9.17) is 4.74 Å². The molecule has 0 aliphatic carbocycles. The molecule has 0 spiro atoms. The van der Waals surface area contributed by atoms with Crippen molar-refractivity contribution in [2.75, 3.05) is 14.2 Å². The molecule has 144 valence electrons. The van der Waals surface area contributed by atoms with Crippen LogP contribution in [-0.4, -0.2) is 33.7 Å². The summed E-state index contributed by atoms with van der Waals surface area (Å²) < 4.78 is 38.6. The molecule has 0 radical (unpaired) electrons. The Morgan fingerprint density at radius 1 is 1.04 bits per heavy atom. The number of aryl methyl sites for hydroxylation is 1. The molecule has 0 N–H and O–H groups in total. The fourth-order valence-corrected chi connectivity index (χ4v) is 3.57. The number of hydrogen-bond donors (Lipinski definition) is 0. The van der Waals surface area contributed by atoms with Crippen molar-refractivity contribution in [2.24, 2.45) is 5.16 Å². The first kappa shape index (κ1) is 20.8. The predicted octanol–water partition coefficient (Wildman–Crippen LogP) is 3.13. The molecule has 0 unspecified atom stereocenters. The third-order valence-electron chi connectivity index (χ3n) is 3.33. The van der Waals surface area contributed by atoms with E-state index in [2.05, 4.69) is 14.2 Å². The van der Waals surface area contributed by atoms with E-state index in [1.165, 1.54) is 14.2 Å². The molecule has 2 aromatic rings. The minimum atomic E-state index is -4.04. The second-order valence-electron chi connectivity index (χ2n) is 5.43. The van der Waals surface area contributed by atoms with Crippen molar-refractivity contribution in [1.82, 2.24) is 0 Å². The van der Waals surface area contributed by atoms with E-state index in [0.29, 0.717) is 16.2 Å². The Morgan fingerprint density at radius 3 is 2.22 bits per heavy atom. The van der Waals surface area contributed by atoms with E-state index in [1.54, 1.807) is 36.4 Å². The summed E-state index contributed by atoms with van der Waals surface area (Å²) in [6.07, 6.45) is 0. The average Bonchev–Trinajstić information content (AvgIpc) is 2.66. The van der Waals surface area contributed by atoms with Crippen molar-refractivity contribution in [3.63, 3.8) is 0 Å². The molecule has 0 saturated heterocycles. The van der Waals surface area contributed by atoms with Crippen LogP contribution in [0.4, 0.5) is 0 Å². The maximum absolute atomic E-state index is 12.1. The molecule has 0 atom stereocenters. The summed E-state index contributed by atoms with van der Waals surface area (Å²) in [5.41, 5.74) is 1.55. The van der Waals surface area contributed by atoms with Crippen LogP contribution in [0.3, 0.4) is 0 Å². The lowest BCUT2D eigenvalue weighted by atomic mass is 10.2. The van der Waals surface area contributed by atoms with Gasteiger partial charge in [-0.2, -0.15) is 8.42 Å². The molecule has 27 heavy (non-hydrogen) atoms. The molecular formula is C18H19NO6S2. The van der Waals surface area contributed by atoms with Crippen molar-refractivity contribution >= 4 is 32.9 Å². The summed E-state index contributed by atoms with van der Waals surface area (Å²) in [4.78, 5) is 12.6. The minimum Gasteiger partial charge on any atom is -0.497 e. The van der Waals surface area contributed by atoms with Gasteiger partial charge in [-0.05, 0) is 36.8 Å². The standard InChI is InChI=1S/C18H19NO6S2/c1-13-4-10-16(11-5-13)26-17(18(20)24-3)19-25-27(21,22)12-14-6-8-15(23-2)9-7-14/h4-11H,12H2,1-3H3/b19-17-. The lowest BCUT2D eigenvalue weighted by molar-refractivity contribution is -0.132. The Morgan fingerprint density at radius 2 is 1.67 bits per heavy atom. The first-order valence-electron chi connectivity index (χ1n) is 7.78. The summed E-state index contributed by atoms with van der Waals surface area (Å²) in [6.45, 7) is 1.93. The molecule has 0 heterocycles. The monoisotopic (exact) mass is 409 g/mol. The average molecular weight is 409 g/mol. The van der Waals surface area contributed by atoms with Crippen LogP contribution in [0.5, 0.6) is 5.75 Å². The number of hydrogen-bond acceptors (Lipinski definition) is 8. The number of ether oxygens (including phenoxy) is 2.